The van der Waals surface area contributed by atoms with Crippen LogP contribution in [0, 0.1) is 0 Å². The van der Waals surface area contributed by atoms with Gasteiger partial charge in [-0.1, -0.05) is 28.8 Å². The van der Waals surface area contributed by atoms with Gasteiger partial charge in [0.1, 0.15) is 10.6 Å². The third-order valence-corrected chi connectivity index (χ3v) is 3.77. The molecule has 1 heterocycles. The van der Waals surface area contributed by atoms with Gasteiger partial charge in [0, 0.05) is 17.4 Å². The minimum atomic E-state index is -0.297. The monoisotopic (exact) mass is 354 g/mol. The molecule has 7 nitrogen and oxygen atoms in total. The number of amides is 2. The van der Waals surface area contributed by atoms with Gasteiger partial charge in [-0.3, -0.25) is 9.59 Å². The van der Waals surface area contributed by atoms with E-state index in [0.717, 1.165) is 11.5 Å². The van der Waals surface area contributed by atoms with E-state index in [9.17, 15) is 9.59 Å². The molecule has 0 fully saturated rings. The molecular weight excluding hydrogens is 340 g/mol. The zero-order chi connectivity index (χ0) is 17.5. The minimum absolute atomic E-state index is 0.134. The molecule has 2 N–H and O–H groups in total. The number of carbonyl (C=O) groups is 2. The van der Waals surface area contributed by atoms with Crippen molar-refractivity contribution in [2.75, 3.05) is 17.2 Å². The maximum Gasteiger partial charge on any atom is 0.269 e. The van der Waals surface area contributed by atoms with Crippen molar-refractivity contribution in [3.8, 4) is 5.75 Å². The molecular formula is C17H14N4O3S. The Morgan fingerprint density at radius 1 is 1.00 bits per heavy atom. The van der Waals surface area contributed by atoms with Gasteiger partial charge in [0.05, 0.1) is 6.20 Å². The summed E-state index contributed by atoms with van der Waals surface area (Å²) in [7, 11) is 0. The van der Waals surface area contributed by atoms with Gasteiger partial charge in [0.25, 0.3) is 11.8 Å². The third-order valence-electron chi connectivity index (χ3n) is 3.10. The van der Waals surface area contributed by atoms with Gasteiger partial charge < -0.3 is 15.4 Å². The lowest BCUT2D eigenvalue weighted by atomic mass is 10.3. The van der Waals surface area contributed by atoms with E-state index in [2.05, 4.69) is 20.2 Å². The number of hydrogen-bond donors (Lipinski definition) is 2. The molecule has 0 atom stereocenters. The van der Waals surface area contributed by atoms with Crippen LogP contribution in [0.2, 0.25) is 0 Å². The Hall–Kier alpha value is -3.26. The fourth-order valence-corrected chi connectivity index (χ4v) is 2.40. The van der Waals surface area contributed by atoms with Crippen LogP contribution in [-0.2, 0) is 4.79 Å². The van der Waals surface area contributed by atoms with E-state index in [1.807, 2.05) is 18.2 Å². The summed E-state index contributed by atoms with van der Waals surface area (Å²) in [5.41, 5.74) is 1.26. The first-order valence-electron chi connectivity index (χ1n) is 7.37. The van der Waals surface area contributed by atoms with Crippen molar-refractivity contribution in [2.24, 2.45) is 0 Å². The molecule has 0 unspecified atom stereocenters. The summed E-state index contributed by atoms with van der Waals surface area (Å²) in [6.07, 6.45) is 1.40. The number of ether oxygens (including phenoxy) is 1. The predicted molar refractivity (Wildman–Crippen MR) is 94.9 cm³/mol. The number of rotatable bonds is 6. The highest BCUT2D eigenvalue weighted by molar-refractivity contribution is 7.07. The molecule has 0 bridgehead atoms. The molecule has 3 rings (SSSR count). The molecule has 0 aliphatic carbocycles. The van der Waals surface area contributed by atoms with Crippen LogP contribution in [0.5, 0.6) is 5.75 Å². The van der Waals surface area contributed by atoms with E-state index in [0.29, 0.717) is 22.0 Å². The van der Waals surface area contributed by atoms with Crippen molar-refractivity contribution in [3.05, 3.63) is 65.7 Å². The van der Waals surface area contributed by atoms with Crippen LogP contribution < -0.4 is 15.4 Å². The highest BCUT2D eigenvalue weighted by Crippen LogP contribution is 2.18. The van der Waals surface area contributed by atoms with Crippen LogP contribution in [0.1, 0.15) is 9.67 Å². The lowest BCUT2D eigenvalue weighted by Crippen LogP contribution is -2.20. The number of benzene rings is 2. The Morgan fingerprint density at radius 3 is 2.56 bits per heavy atom. The van der Waals surface area contributed by atoms with Crippen molar-refractivity contribution in [1.29, 1.82) is 0 Å². The summed E-state index contributed by atoms with van der Waals surface area (Å²) >= 11 is 1.01. The largest absolute Gasteiger partial charge is 0.484 e. The van der Waals surface area contributed by atoms with E-state index in [1.54, 1.807) is 36.4 Å². The van der Waals surface area contributed by atoms with Gasteiger partial charge in [0.15, 0.2) is 6.61 Å². The second-order valence-electron chi connectivity index (χ2n) is 4.97. The summed E-state index contributed by atoms with van der Waals surface area (Å²) in [6.45, 7) is -0.134. The van der Waals surface area contributed by atoms with E-state index >= 15 is 0 Å². The minimum Gasteiger partial charge on any atom is -0.484 e. The number of anilines is 2. The molecule has 0 saturated heterocycles. The fraction of sp³-hybridized carbons (Fsp3) is 0.0588. The summed E-state index contributed by atoms with van der Waals surface area (Å²) in [4.78, 5) is 24.3. The number of nitrogens with one attached hydrogen (secondary N) is 2. The second-order valence-corrected chi connectivity index (χ2v) is 5.75. The van der Waals surface area contributed by atoms with Crippen molar-refractivity contribution in [2.45, 2.75) is 0 Å². The first-order chi connectivity index (χ1) is 12.2. The molecule has 8 heteroatoms. The SMILES string of the molecule is O=C(COc1cccc(NC(=O)c2cnns2)c1)Nc1ccccc1. The Bertz CT molecular complexity index is 853. The Labute approximate surface area is 147 Å². The second kappa shape index (κ2) is 8.02. The third kappa shape index (κ3) is 4.85. The summed E-state index contributed by atoms with van der Waals surface area (Å²) < 4.78 is 9.11. The maximum atomic E-state index is 12.0. The average Bonchev–Trinajstić information content (AvgIpc) is 3.16. The van der Waals surface area contributed by atoms with Gasteiger partial charge in [0.2, 0.25) is 0 Å². The maximum absolute atomic E-state index is 12.0. The first kappa shape index (κ1) is 16.6. The molecule has 0 saturated carbocycles. The molecule has 0 spiro atoms. The van der Waals surface area contributed by atoms with Gasteiger partial charge in [-0.25, -0.2) is 0 Å². The smallest absolute Gasteiger partial charge is 0.269 e. The van der Waals surface area contributed by atoms with Gasteiger partial charge in [-0.05, 0) is 35.8 Å². The summed E-state index contributed by atoms with van der Waals surface area (Å²) in [5.74, 6) is -0.0891. The topological polar surface area (TPSA) is 93.2 Å². The van der Waals surface area contributed by atoms with Crippen LogP contribution in [0.25, 0.3) is 0 Å². The number of hydrogen-bond acceptors (Lipinski definition) is 6. The van der Waals surface area contributed by atoms with Gasteiger partial charge in [-0.2, -0.15) is 0 Å². The number of para-hydroxylation sites is 1. The molecule has 3 aromatic rings. The van der Waals surface area contributed by atoms with Crippen molar-refractivity contribution in [3.63, 3.8) is 0 Å². The zero-order valence-corrected chi connectivity index (χ0v) is 13.8. The molecule has 2 aromatic carbocycles. The number of carbonyl (C=O) groups excluding carboxylic acids is 2. The first-order valence-corrected chi connectivity index (χ1v) is 8.14. The summed E-state index contributed by atoms with van der Waals surface area (Å²) in [5, 5.41) is 9.08. The van der Waals surface area contributed by atoms with Crippen LogP contribution >= 0.6 is 11.5 Å². The fourth-order valence-electron chi connectivity index (χ4n) is 1.99. The highest BCUT2D eigenvalue weighted by atomic mass is 32.1. The van der Waals surface area contributed by atoms with E-state index in [4.69, 9.17) is 4.74 Å². The van der Waals surface area contributed by atoms with E-state index in [-0.39, 0.29) is 18.4 Å². The molecule has 0 radical (unpaired) electrons. The van der Waals surface area contributed by atoms with Crippen LogP contribution in [0.4, 0.5) is 11.4 Å². The molecule has 126 valence electrons. The van der Waals surface area contributed by atoms with Crippen molar-refractivity contribution < 1.29 is 14.3 Å². The zero-order valence-electron chi connectivity index (χ0n) is 13.0. The molecule has 2 amide bonds. The predicted octanol–water partition coefficient (Wildman–Crippen LogP) is 2.81. The summed E-state index contributed by atoms with van der Waals surface area (Å²) in [6, 6.07) is 15.9. The van der Waals surface area contributed by atoms with E-state index < -0.39 is 0 Å². The Kier molecular flexibility index (Phi) is 5.32. The van der Waals surface area contributed by atoms with Crippen LogP contribution in [-0.4, -0.2) is 28.0 Å². The van der Waals surface area contributed by atoms with Crippen molar-refractivity contribution in [1.82, 2.24) is 9.59 Å². The lowest BCUT2D eigenvalue weighted by Gasteiger charge is -2.09. The number of nitrogens with zero attached hydrogens (tertiary/aromatic N) is 2. The lowest BCUT2D eigenvalue weighted by molar-refractivity contribution is -0.118. The molecule has 0 aliphatic rings. The van der Waals surface area contributed by atoms with Gasteiger partial charge >= 0.3 is 0 Å². The molecule has 25 heavy (non-hydrogen) atoms. The Balaban J connectivity index is 1.54. The standard InChI is InChI=1S/C17H14N4O3S/c22-16(19-12-5-2-1-3-6-12)11-24-14-8-4-7-13(9-14)20-17(23)15-10-18-21-25-15/h1-10H,11H2,(H,19,22)(H,20,23). The van der Waals surface area contributed by atoms with Crippen LogP contribution in [0.3, 0.4) is 0 Å². The van der Waals surface area contributed by atoms with Crippen LogP contribution in [0.15, 0.2) is 60.8 Å². The molecule has 0 aliphatic heterocycles. The normalized spacial score (nSPS) is 10.1. The highest BCUT2D eigenvalue weighted by Gasteiger charge is 2.09. The van der Waals surface area contributed by atoms with Gasteiger partial charge in [-0.15, -0.1) is 5.10 Å². The number of aromatic nitrogens is 2. The molecule has 1 aromatic heterocycles. The average molecular weight is 354 g/mol. The quantitative estimate of drug-likeness (QED) is 0.710. The van der Waals surface area contributed by atoms with E-state index in [1.165, 1.54) is 6.20 Å². The van der Waals surface area contributed by atoms with Crippen molar-refractivity contribution >= 4 is 34.7 Å². The Morgan fingerprint density at radius 2 is 1.80 bits per heavy atom.